The number of methoxy groups -OCH3 is 3. The Labute approximate surface area is 187 Å². The number of nitrogens with one attached hydrogen (secondary N) is 1. The van der Waals surface area contributed by atoms with Gasteiger partial charge in [-0.2, -0.15) is 5.10 Å². The summed E-state index contributed by atoms with van der Waals surface area (Å²) in [6.45, 7) is -0.232. The molecule has 1 heterocycles. The van der Waals surface area contributed by atoms with Crippen molar-refractivity contribution in [2.45, 2.75) is 6.42 Å². The van der Waals surface area contributed by atoms with E-state index < -0.39 is 11.9 Å². The molecule has 0 fully saturated rings. The number of rotatable bonds is 6. The van der Waals surface area contributed by atoms with Crippen molar-refractivity contribution in [3.05, 3.63) is 57.7 Å². The predicted octanol–water partition coefficient (Wildman–Crippen LogP) is 3.13. The first-order valence-electron chi connectivity index (χ1n) is 9.45. The molecule has 0 unspecified atom stereocenters. The van der Waals surface area contributed by atoms with Crippen molar-refractivity contribution in [3.8, 4) is 28.4 Å². The highest BCUT2D eigenvalue weighted by Crippen LogP contribution is 2.44. The summed E-state index contributed by atoms with van der Waals surface area (Å²) in [6, 6.07) is 11.4. The average Bonchev–Trinajstić information content (AvgIpc) is 3.33. The average molecular weight is 486 g/mol. The summed E-state index contributed by atoms with van der Waals surface area (Å²) in [4.78, 5) is 24.3. The summed E-state index contributed by atoms with van der Waals surface area (Å²) in [5.74, 6) is 0.236. The molecule has 0 radical (unpaired) electrons. The molecule has 1 N–H and O–H groups in total. The molecule has 3 aromatic rings. The number of aromatic nitrogens is 2. The lowest BCUT2D eigenvalue weighted by Gasteiger charge is -2.12. The first kappa shape index (κ1) is 20.9. The van der Waals surface area contributed by atoms with Gasteiger partial charge < -0.3 is 19.5 Å². The number of nitrogens with zero attached hydrogens (tertiary/aromatic N) is 2. The Bertz CT molecular complexity index is 1170. The van der Waals surface area contributed by atoms with E-state index in [1.54, 1.807) is 18.9 Å². The van der Waals surface area contributed by atoms with Crippen LogP contribution in [0.2, 0.25) is 0 Å². The van der Waals surface area contributed by atoms with Gasteiger partial charge in [0.05, 0.1) is 32.7 Å². The molecule has 160 valence electrons. The van der Waals surface area contributed by atoms with Gasteiger partial charge in [-0.1, -0.05) is 15.9 Å². The highest BCUT2D eigenvalue weighted by atomic mass is 79.9. The van der Waals surface area contributed by atoms with E-state index in [2.05, 4.69) is 31.1 Å². The lowest BCUT2D eigenvalue weighted by Crippen LogP contribution is -2.31. The number of carbonyl (C=O) groups is 2. The molecule has 31 heavy (non-hydrogen) atoms. The minimum atomic E-state index is -0.532. The van der Waals surface area contributed by atoms with Gasteiger partial charge >= 0.3 is 5.97 Å². The number of hydrogen-bond acceptors (Lipinski definition) is 6. The number of hydrogen-bond donors (Lipinski definition) is 1. The molecule has 1 aromatic heterocycles. The summed E-state index contributed by atoms with van der Waals surface area (Å²) in [6.07, 6.45) is 0.503. The first-order chi connectivity index (χ1) is 15.0. The molecule has 1 aliphatic rings. The van der Waals surface area contributed by atoms with Crippen molar-refractivity contribution in [2.75, 3.05) is 27.9 Å². The van der Waals surface area contributed by atoms with Crippen LogP contribution in [0.1, 0.15) is 21.6 Å². The molecule has 0 saturated carbocycles. The van der Waals surface area contributed by atoms with Crippen LogP contribution >= 0.6 is 15.9 Å². The molecule has 8 nitrogen and oxygen atoms in total. The lowest BCUT2D eigenvalue weighted by molar-refractivity contribution is -0.139. The number of esters is 1. The van der Waals surface area contributed by atoms with Gasteiger partial charge in [0.25, 0.3) is 5.91 Å². The maximum absolute atomic E-state index is 12.9. The Hall–Kier alpha value is -3.33. The van der Waals surface area contributed by atoms with Crippen molar-refractivity contribution >= 4 is 27.8 Å². The third-order valence-corrected chi connectivity index (χ3v) is 5.65. The summed E-state index contributed by atoms with van der Waals surface area (Å²) >= 11 is 3.44. The van der Waals surface area contributed by atoms with Crippen LogP contribution in [0.15, 0.2) is 40.9 Å². The molecule has 0 atom stereocenters. The normalized spacial score (nSPS) is 11.5. The van der Waals surface area contributed by atoms with Gasteiger partial charge in [-0.05, 0) is 42.0 Å². The quantitative estimate of drug-likeness (QED) is 0.422. The minimum absolute atomic E-state index is 0.232. The Morgan fingerprint density at radius 2 is 1.77 bits per heavy atom. The van der Waals surface area contributed by atoms with Crippen LogP contribution in [-0.4, -0.2) is 49.5 Å². The SMILES string of the molecule is COC(=O)CNC(=O)c1nn(-c2ccc(Br)cc2)c2c1Cc1cc(OC)c(OC)cc1-2. The van der Waals surface area contributed by atoms with Crippen molar-refractivity contribution in [2.24, 2.45) is 0 Å². The molecule has 1 aliphatic carbocycles. The summed E-state index contributed by atoms with van der Waals surface area (Å²) in [7, 11) is 4.44. The van der Waals surface area contributed by atoms with Crippen molar-refractivity contribution in [3.63, 3.8) is 0 Å². The van der Waals surface area contributed by atoms with Crippen molar-refractivity contribution in [1.29, 1.82) is 0 Å². The van der Waals surface area contributed by atoms with Crippen molar-refractivity contribution in [1.82, 2.24) is 15.1 Å². The van der Waals surface area contributed by atoms with E-state index in [4.69, 9.17) is 9.47 Å². The van der Waals surface area contributed by atoms with Crippen LogP contribution < -0.4 is 14.8 Å². The van der Waals surface area contributed by atoms with Gasteiger partial charge in [0.2, 0.25) is 0 Å². The van der Waals surface area contributed by atoms with E-state index in [-0.39, 0.29) is 12.2 Å². The second-order valence-corrected chi connectivity index (χ2v) is 7.78. The third-order valence-electron chi connectivity index (χ3n) is 5.12. The summed E-state index contributed by atoms with van der Waals surface area (Å²) in [5.41, 5.74) is 4.55. The van der Waals surface area contributed by atoms with E-state index in [0.29, 0.717) is 17.9 Å². The third kappa shape index (κ3) is 3.76. The van der Waals surface area contributed by atoms with Gasteiger partial charge in [0.15, 0.2) is 17.2 Å². The van der Waals surface area contributed by atoms with Gasteiger partial charge in [0.1, 0.15) is 6.54 Å². The van der Waals surface area contributed by atoms with E-state index >= 15 is 0 Å². The highest BCUT2D eigenvalue weighted by Gasteiger charge is 2.32. The molecule has 0 aliphatic heterocycles. The van der Waals surface area contributed by atoms with Gasteiger partial charge in [-0.15, -0.1) is 0 Å². The number of benzene rings is 2. The topological polar surface area (TPSA) is 91.7 Å². The van der Waals surface area contributed by atoms with Crippen LogP contribution in [-0.2, 0) is 16.0 Å². The van der Waals surface area contributed by atoms with Crippen LogP contribution in [0.25, 0.3) is 16.9 Å². The number of amides is 1. The van der Waals surface area contributed by atoms with Crippen LogP contribution in [0.5, 0.6) is 11.5 Å². The number of ether oxygens (including phenoxy) is 3. The summed E-state index contributed by atoms with van der Waals surface area (Å²) < 4.78 is 18.2. The zero-order chi connectivity index (χ0) is 22.1. The van der Waals surface area contributed by atoms with E-state index in [0.717, 1.165) is 32.5 Å². The standard InChI is InChI=1S/C22H20BrN3O5/c1-29-17-9-12-8-16-20(22(28)24-11-19(27)31-3)25-26(14-6-4-13(23)5-7-14)21(16)15(12)10-18(17)30-2/h4-7,9-10H,8,11H2,1-3H3,(H,24,28). The first-order valence-corrected chi connectivity index (χ1v) is 10.2. The molecule has 0 saturated heterocycles. The Morgan fingerprint density at radius 1 is 1.10 bits per heavy atom. The largest absolute Gasteiger partial charge is 0.493 e. The molecule has 0 spiro atoms. The Morgan fingerprint density at radius 3 is 2.42 bits per heavy atom. The van der Waals surface area contributed by atoms with Gasteiger partial charge in [-0.25, -0.2) is 4.68 Å². The Balaban J connectivity index is 1.85. The second-order valence-electron chi connectivity index (χ2n) is 6.86. The molecule has 9 heteroatoms. The maximum Gasteiger partial charge on any atom is 0.325 e. The highest BCUT2D eigenvalue weighted by molar-refractivity contribution is 9.10. The monoisotopic (exact) mass is 485 g/mol. The van der Waals surface area contributed by atoms with Crippen LogP contribution in [0.4, 0.5) is 0 Å². The Kier molecular flexibility index (Phi) is 5.69. The van der Waals surface area contributed by atoms with Crippen molar-refractivity contribution < 1.29 is 23.8 Å². The molecule has 0 bridgehead atoms. The fourth-order valence-electron chi connectivity index (χ4n) is 3.63. The number of fused-ring (bicyclic) bond motifs is 3. The molecular weight excluding hydrogens is 466 g/mol. The van der Waals surface area contributed by atoms with Crippen LogP contribution in [0.3, 0.4) is 0 Å². The summed E-state index contributed by atoms with van der Waals surface area (Å²) in [5, 5.41) is 7.18. The fraction of sp³-hybridized carbons (Fsp3) is 0.227. The lowest BCUT2D eigenvalue weighted by atomic mass is 10.1. The van der Waals surface area contributed by atoms with E-state index in [9.17, 15) is 9.59 Å². The maximum atomic E-state index is 12.9. The number of halogens is 1. The predicted molar refractivity (Wildman–Crippen MR) is 117 cm³/mol. The number of carbonyl (C=O) groups excluding carboxylic acids is 2. The van der Waals surface area contributed by atoms with Gasteiger partial charge in [0, 0.05) is 22.0 Å². The molecule has 1 amide bonds. The van der Waals surface area contributed by atoms with E-state index in [1.807, 2.05) is 36.4 Å². The molecule has 2 aromatic carbocycles. The van der Waals surface area contributed by atoms with Crippen LogP contribution in [0, 0.1) is 0 Å². The smallest absolute Gasteiger partial charge is 0.325 e. The zero-order valence-corrected chi connectivity index (χ0v) is 18.8. The second kappa shape index (κ2) is 8.43. The van der Waals surface area contributed by atoms with E-state index in [1.165, 1.54) is 7.11 Å². The molecule has 4 rings (SSSR count). The molecular formula is C22H20BrN3O5. The van der Waals surface area contributed by atoms with Gasteiger partial charge in [-0.3, -0.25) is 9.59 Å². The zero-order valence-electron chi connectivity index (χ0n) is 17.2. The fourth-order valence-corrected chi connectivity index (χ4v) is 3.90. The minimum Gasteiger partial charge on any atom is -0.493 e.